The topological polar surface area (TPSA) is 74.3 Å². The normalized spacial score (nSPS) is 18.2. The Morgan fingerprint density at radius 3 is 2.82 bits per heavy atom. The molecule has 3 N–H and O–H groups in total. The number of hydrogen-bond acceptors (Lipinski definition) is 5. The average molecular weight is 302 g/mol. The van der Waals surface area contributed by atoms with Gasteiger partial charge in [-0.15, -0.1) is 0 Å². The van der Waals surface area contributed by atoms with Crippen molar-refractivity contribution in [2.75, 3.05) is 25.9 Å². The molecule has 1 fully saturated rings. The van der Waals surface area contributed by atoms with Crippen molar-refractivity contribution in [1.29, 1.82) is 0 Å². The Morgan fingerprint density at radius 1 is 1.32 bits per heavy atom. The van der Waals surface area contributed by atoms with Gasteiger partial charge in [0.25, 0.3) is 0 Å². The minimum absolute atomic E-state index is 0.173. The number of aryl methyl sites for hydroxylation is 1. The molecule has 0 aliphatic carbocycles. The van der Waals surface area contributed by atoms with E-state index >= 15 is 0 Å². The number of nitrogens with zero attached hydrogens (tertiary/aromatic N) is 2. The van der Waals surface area contributed by atoms with Crippen LogP contribution in [0.2, 0.25) is 0 Å². The number of rotatable bonds is 4. The minimum atomic E-state index is 0.173. The van der Waals surface area contributed by atoms with Gasteiger partial charge in [-0.25, -0.2) is 0 Å². The lowest BCUT2D eigenvalue weighted by Crippen LogP contribution is -2.37. The molecule has 1 saturated heterocycles. The van der Waals surface area contributed by atoms with Crippen molar-refractivity contribution in [2.45, 2.75) is 18.9 Å². The summed E-state index contributed by atoms with van der Waals surface area (Å²) >= 11 is 0. The molecule has 3 rings (SSSR count). The van der Waals surface area contributed by atoms with Crippen LogP contribution in [0.5, 0.6) is 11.5 Å². The van der Waals surface area contributed by atoms with E-state index in [1.165, 1.54) is 0 Å². The van der Waals surface area contributed by atoms with Crippen molar-refractivity contribution >= 4 is 5.82 Å². The van der Waals surface area contributed by atoms with Crippen LogP contribution in [-0.2, 0) is 7.05 Å². The average Bonchev–Trinajstić information content (AvgIpc) is 2.88. The Kier molecular flexibility index (Phi) is 4.20. The van der Waals surface area contributed by atoms with Crippen LogP contribution in [0.1, 0.15) is 12.8 Å². The van der Waals surface area contributed by atoms with Crippen molar-refractivity contribution in [1.82, 2.24) is 15.1 Å². The molecule has 1 atom stereocenters. The second-order valence-electron chi connectivity index (χ2n) is 5.53. The number of methoxy groups -OCH3 is 1. The van der Waals surface area contributed by atoms with E-state index in [0.29, 0.717) is 5.82 Å². The molecule has 0 bridgehead atoms. The van der Waals surface area contributed by atoms with Crippen LogP contribution in [-0.4, -0.2) is 36.1 Å². The van der Waals surface area contributed by atoms with Gasteiger partial charge in [0, 0.05) is 25.2 Å². The molecule has 118 valence electrons. The first-order valence-electron chi connectivity index (χ1n) is 7.52. The van der Waals surface area contributed by atoms with Gasteiger partial charge in [0.15, 0.2) is 11.5 Å². The number of anilines is 1. The van der Waals surface area contributed by atoms with E-state index in [9.17, 15) is 0 Å². The lowest BCUT2D eigenvalue weighted by Gasteiger charge is -2.25. The SMILES string of the molecule is COc1ccc(-c2cc(N)n(C)n2)cc1OC1CCCNC1. The summed E-state index contributed by atoms with van der Waals surface area (Å²) in [5.74, 6) is 2.11. The summed E-state index contributed by atoms with van der Waals surface area (Å²) in [4.78, 5) is 0. The third kappa shape index (κ3) is 3.01. The van der Waals surface area contributed by atoms with Gasteiger partial charge in [-0.05, 0) is 37.6 Å². The van der Waals surface area contributed by atoms with E-state index in [2.05, 4.69) is 10.4 Å². The van der Waals surface area contributed by atoms with E-state index < -0.39 is 0 Å². The maximum Gasteiger partial charge on any atom is 0.162 e. The first kappa shape index (κ1) is 14.7. The molecule has 2 aromatic rings. The number of nitrogens with one attached hydrogen (secondary N) is 1. The third-order valence-electron chi connectivity index (χ3n) is 3.92. The Hall–Kier alpha value is -2.21. The highest BCUT2D eigenvalue weighted by Gasteiger charge is 2.17. The molecule has 0 amide bonds. The van der Waals surface area contributed by atoms with Gasteiger partial charge in [-0.1, -0.05) is 0 Å². The predicted molar refractivity (Wildman–Crippen MR) is 86.1 cm³/mol. The van der Waals surface area contributed by atoms with Gasteiger partial charge in [0.1, 0.15) is 11.9 Å². The van der Waals surface area contributed by atoms with Gasteiger partial charge in [0.05, 0.1) is 12.8 Å². The van der Waals surface area contributed by atoms with Crippen LogP contribution >= 0.6 is 0 Å². The van der Waals surface area contributed by atoms with Crippen LogP contribution in [0.3, 0.4) is 0 Å². The monoisotopic (exact) mass is 302 g/mol. The standard InChI is InChI=1S/C16H22N4O2/c1-20-16(17)9-13(19-20)11-5-6-14(21-2)15(8-11)22-12-4-3-7-18-10-12/h5-6,8-9,12,18H,3-4,7,10,17H2,1-2H3. The van der Waals surface area contributed by atoms with Crippen LogP contribution in [0, 0.1) is 0 Å². The van der Waals surface area contributed by atoms with Crippen molar-refractivity contribution in [3.05, 3.63) is 24.3 Å². The summed E-state index contributed by atoms with van der Waals surface area (Å²) in [5, 5.41) is 7.76. The summed E-state index contributed by atoms with van der Waals surface area (Å²) in [6.07, 6.45) is 2.35. The number of piperidine rings is 1. The molecular formula is C16H22N4O2. The van der Waals surface area contributed by atoms with Gasteiger partial charge < -0.3 is 20.5 Å². The Morgan fingerprint density at radius 2 is 2.18 bits per heavy atom. The van der Waals surface area contributed by atoms with Crippen LogP contribution in [0.4, 0.5) is 5.82 Å². The first-order chi connectivity index (χ1) is 10.7. The molecule has 1 aromatic heterocycles. The Labute approximate surface area is 130 Å². The zero-order valence-electron chi connectivity index (χ0n) is 13.0. The van der Waals surface area contributed by atoms with Crippen LogP contribution in [0.15, 0.2) is 24.3 Å². The smallest absolute Gasteiger partial charge is 0.162 e. The third-order valence-corrected chi connectivity index (χ3v) is 3.92. The van der Waals surface area contributed by atoms with Crippen molar-refractivity contribution in [3.8, 4) is 22.8 Å². The van der Waals surface area contributed by atoms with E-state index in [4.69, 9.17) is 15.2 Å². The number of nitrogen functional groups attached to an aromatic ring is 1. The highest BCUT2D eigenvalue weighted by Crippen LogP contribution is 2.33. The van der Waals surface area contributed by atoms with E-state index in [-0.39, 0.29) is 6.10 Å². The molecule has 1 aliphatic rings. The van der Waals surface area contributed by atoms with E-state index in [1.54, 1.807) is 11.8 Å². The molecule has 0 spiro atoms. The molecule has 1 unspecified atom stereocenters. The summed E-state index contributed by atoms with van der Waals surface area (Å²) in [5.41, 5.74) is 7.65. The quantitative estimate of drug-likeness (QED) is 0.901. The zero-order valence-corrected chi connectivity index (χ0v) is 13.0. The molecule has 0 radical (unpaired) electrons. The second-order valence-corrected chi connectivity index (χ2v) is 5.53. The van der Waals surface area contributed by atoms with Crippen LogP contribution < -0.4 is 20.5 Å². The summed E-state index contributed by atoms with van der Waals surface area (Å²) < 4.78 is 13.2. The number of aromatic nitrogens is 2. The highest BCUT2D eigenvalue weighted by atomic mass is 16.5. The molecule has 1 aliphatic heterocycles. The largest absolute Gasteiger partial charge is 0.493 e. The van der Waals surface area contributed by atoms with Crippen molar-refractivity contribution in [2.24, 2.45) is 7.05 Å². The Balaban J connectivity index is 1.88. The van der Waals surface area contributed by atoms with Gasteiger partial charge in [-0.3, -0.25) is 4.68 Å². The molecule has 1 aromatic carbocycles. The summed E-state index contributed by atoms with van der Waals surface area (Å²) in [7, 11) is 3.48. The first-order valence-corrected chi connectivity index (χ1v) is 7.52. The van der Waals surface area contributed by atoms with E-state index in [1.807, 2.05) is 31.3 Å². The van der Waals surface area contributed by atoms with Gasteiger partial charge in [-0.2, -0.15) is 5.10 Å². The molecule has 2 heterocycles. The van der Waals surface area contributed by atoms with Crippen molar-refractivity contribution < 1.29 is 9.47 Å². The fourth-order valence-corrected chi connectivity index (χ4v) is 2.65. The lowest BCUT2D eigenvalue weighted by molar-refractivity contribution is 0.161. The second kappa shape index (κ2) is 6.27. The highest BCUT2D eigenvalue weighted by molar-refractivity contribution is 5.66. The van der Waals surface area contributed by atoms with Crippen LogP contribution in [0.25, 0.3) is 11.3 Å². The van der Waals surface area contributed by atoms with Crippen molar-refractivity contribution in [3.63, 3.8) is 0 Å². The summed E-state index contributed by atoms with van der Waals surface area (Å²) in [6.45, 7) is 1.92. The zero-order chi connectivity index (χ0) is 15.5. The maximum atomic E-state index is 6.12. The summed E-state index contributed by atoms with van der Waals surface area (Å²) in [6, 6.07) is 7.70. The molecular weight excluding hydrogens is 280 g/mol. The number of nitrogens with two attached hydrogens (primary N) is 1. The van der Waals surface area contributed by atoms with Gasteiger partial charge in [0.2, 0.25) is 0 Å². The Bertz CT molecular complexity index is 628. The maximum absolute atomic E-state index is 6.12. The lowest BCUT2D eigenvalue weighted by atomic mass is 10.1. The predicted octanol–water partition coefficient (Wildman–Crippen LogP) is 1.81. The van der Waals surface area contributed by atoms with Gasteiger partial charge >= 0.3 is 0 Å². The number of ether oxygens (including phenoxy) is 2. The van der Waals surface area contributed by atoms with E-state index in [0.717, 1.165) is 48.7 Å². The fourth-order valence-electron chi connectivity index (χ4n) is 2.65. The molecule has 6 heteroatoms. The fraction of sp³-hybridized carbons (Fsp3) is 0.438. The molecule has 0 saturated carbocycles. The number of benzene rings is 1. The number of hydrogen-bond donors (Lipinski definition) is 2. The minimum Gasteiger partial charge on any atom is -0.493 e. The molecule has 22 heavy (non-hydrogen) atoms. The molecule has 6 nitrogen and oxygen atoms in total.